The van der Waals surface area contributed by atoms with Crippen LogP contribution in [0.1, 0.15) is 27.9 Å². The van der Waals surface area contributed by atoms with Crippen molar-refractivity contribution in [2.45, 2.75) is 6.42 Å². The first-order chi connectivity index (χ1) is 9.31. The van der Waals surface area contributed by atoms with Gasteiger partial charge in [-0.1, -0.05) is 42.2 Å². The van der Waals surface area contributed by atoms with Crippen LogP contribution < -0.4 is 5.73 Å². The Kier molecular flexibility index (Phi) is 4.49. The van der Waals surface area contributed by atoms with Crippen LogP contribution in [0.3, 0.4) is 0 Å². The highest BCUT2D eigenvalue weighted by molar-refractivity contribution is 6.08. The van der Waals surface area contributed by atoms with Crippen LogP contribution in [0.2, 0.25) is 0 Å². The molecule has 0 atom stereocenters. The fourth-order valence-electron chi connectivity index (χ4n) is 1.70. The van der Waals surface area contributed by atoms with Crippen molar-refractivity contribution in [2.75, 3.05) is 6.54 Å². The summed E-state index contributed by atoms with van der Waals surface area (Å²) in [6.07, 6.45) is 0.685. The summed E-state index contributed by atoms with van der Waals surface area (Å²) in [5.74, 6) is 6.01. The van der Waals surface area contributed by atoms with Crippen LogP contribution in [0, 0.1) is 11.8 Å². The molecule has 2 nitrogen and oxygen atoms in total. The van der Waals surface area contributed by atoms with Crippen molar-refractivity contribution < 1.29 is 4.79 Å². The van der Waals surface area contributed by atoms with Crippen LogP contribution in [0.25, 0.3) is 0 Å². The maximum atomic E-state index is 12.2. The van der Waals surface area contributed by atoms with Crippen LogP contribution in [-0.4, -0.2) is 12.3 Å². The summed E-state index contributed by atoms with van der Waals surface area (Å²) in [6.45, 7) is 0.567. The summed E-state index contributed by atoms with van der Waals surface area (Å²) in [5.41, 5.74) is 7.65. The first kappa shape index (κ1) is 13.1. The molecule has 2 rings (SSSR count). The Hall–Kier alpha value is -2.37. The molecule has 0 bridgehead atoms. The van der Waals surface area contributed by atoms with Crippen molar-refractivity contribution in [3.8, 4) is 11.8 Å². The number of carbonyl (C=O) groups is 1. The van der Waals surface area contributed by atoms with Gasteiger partial charge in [0.1, 0.15) is 0 Å². The minimum atomic E-state index is 0.0297. The first-order valence-corrected chi connectivity index (χ1v) is 6.20. The number of ketones is 1. The van der Waals surface area contributed by atoms with E-state index in [1.807, 2.05) is 54.6 Å². The van der Waals surface area contributed by atoms with E-state index in [-0.39, 0.29) is 5.78 Å². The number of carbonyl (C=O) groups excluding carboxylic acids is 1. The van der Waals surface area contributed by atoms with Crippen molar-refractivity contribution in [2.24, 2.45) is 5.73 Å². The smallest absolute Gasteiger partial charge is 0.193 e. The van der Waals surface area contributed by atoms with Crippen molar-refractivity contribution >= 4 is 5.78 Å². The number of nitrogens with two attached hydrogens (primary N) is 1. The fraction of sp³-hybridized carbons (Fsp3) is 0.118. The van der Waals surface area contributed by atoms with Crippen molar-refractivity contribution in [1.82, 2.24) is 0 Å². The molecule has 19 heavy (non-hydrogen) atoms. The third-order valence-corrected chi connectivity index (χ3v) is 2.69. The summed E-state index contributed by atoms with van der Waals surface area (Å²) < 4.78 is 0. The molecular weight excluding hydrogens is 234 g/mol. The number of hydrogen-bond acceptors (Lipinski definition) is 2. The van der Waals surface area contributed by atoms with E-state index in [9.17, 15) is 4.79 Å². The van der Waals surface area contributed by atoms with Crippen LogP contribution in [-0.2, 0) is 0 Å². The van der Waals surface area contributed by atoms with E-state index < -0.39 is 0 Å². The average Bonchev–Trinajstić information content (AvgIpc) is 2.48. The summed E-state index contributed by atoms with van der Waals surface area (Å²) in [4.78, 5) is 12.2. The van der Waals surface area contributed by atoms with E-state index in [2.05, 4.69) is 11.8 Å². The Bertz CT molecular complexity index is 603. The molecule has 0 aliphatic heterocycles. The summed E-state index contributed by atoms with van der Waals surface area (Å²) >= 11 is 0. The molecule has 0 radical (unpaired) electrons. The Labute approximate surface area is 113 Å². The lowest BCUT2D eigenvalue weighted by Gasteiger charge is -2.00. The van der Waals surface area contributed by atoms with Gasteiger partial charge in [0.05, 0.1) is 0 Å². The van der Waals surface area contributed by atoms with Gasteiger partial charge < -0.3 is 5.73 Å². The van der Waals surface area contributed by atoms with E-state index in [0.29, 0.717) is 24.1 Å². The highest BCUT2D eigenvalue weighted by atomic mass is 16.1. The molecule has 0 saturated carbocycles. The monoisotopic (exact) mass is 249 g/mol. The average molecular weight is 249 g/mol. The third-order valence-electron chi connectivity index (χ3n) is 2.69. The second-order valence-corrected chi connectivity index (χ2v) is 4.11. The zero-order chi connectivity index (χ0) is 13.5. The Balaban J connectivity index is 2.15. The summed E-state index contributed by atoms with van der Waals surface area (Å²) in [7, 11) is 0. The van der Waals surface area contributed by atoms with E-state index in [1.165, 1.54) is 0 Å². The van der Waals surface area contributed by atoms with Gasteiger partial charge in [-0.2, -0.15) is 0 Å². The minimum absolute atomic E-state index is 0.0297. The molecule has 2 aromatic carbocycles. The van der Waals surface area contributed by atoms with E-state index >= 15 is 0 Å². The van der Waals surface area contributed by atoms with Gasteiger partial charge in [-0.05, 0) is 24.3 Å². The molecule has 0 unspecified atom stereocenters. The van der Waals surface area contributed by atoms with Gasteiger partial charge in [0, 0.05) is 29.7 Å². The summed E-state index contributed by atoms with van der Waals surface area (Å²) in [5, 5.41) is 0. The quantitative estimate of drug-likeness (QED) is 0.671. The molecule has 0 aromatic heterocycles. The van der Waals surface area contributed by atoms with Gasteiger partial charge in [0.25, 0.3) is 0 Å². The molecule has 2 aromatic rings. The molecule has 2 N–H and O–H groups in total. The van der Waals surface area contributed by atoms with E-state index in [0.717, 1.165) is 5.56 Å². The zero-order valence-corrected chi connectivity index (χ0v) is 10.6. The van der Waals surface area contributed by atoms with E-state index in [1.54, 1.807) is 0 Å². The molecule has 0 aliphatic carbocycles. The van der Waals surface area contributed by atoms with Gasteiger partial charge in [-0.3, -0.25) is 4.79 Å². The molecule has 0 heterocycles. The van der Waals surface area contributed by atoms with Crippen molar-refractivity contribution in [3.63, 3.8) is 0 Å². The lowest BCUT2D eigenvalue weighted by atomic mass is 10.0. The maximum absolute atomic E-state index is 12.2. The lowest BCUT2D eigenvalue weighted by Crippen LogP contribution is -2.00. The molecule has 2 heteroatoms. The highest BCUT2D eigenvalue weighted by Gasteiger charge is 2.07. The van der Waals surface area contributed by atoms with Crippen LogP contribution in [0.4, 0.5) is 0 Å². The van der Waals surface area contributed by atoms with Crippen LogP contribution in [0.15, 0.2) is 54.6 Å². The predicted octanol–water partition coefficient (Wildman–Crippen LogP) is 2.62. The second kappa shape index (κ2) is 6.53. The first-order valence-electron chi connectivity index (χ1n) is 6.20. The molecule has 0 saturated heterocycles. The SMILES string of the molecule is NCCC#Cc1ccc(C(=O)c2ccccc2)cc1. The lowest BCUT2D eigenvalue weighted by molar-refractivity contribution is 0.103. The number of hydrogen-bond donors (Lipinski definition) is 1. The van der Waals surface area contributed by atoms with Crippen molar-refractivity contribution in [1.29, 1.82) is 0 Å². The Morgan fingerprint density at radius 3 is 2.21 bits per heavy atom. The molecule has 0 spiro atoms. The standard InChI is InChI=1S/C17H15NO/c18-13-5-4-6-14-9-11-16(12-10-14)17(19)15-7-2-1-3-8-15/h1-3,7-12H,5,13,18H2. The normalized spacial score (nSPS) is 9.53. The third kappa shape index (κ3) is 3.54. The molecule has 0 aliphatic rings. The van der Waals surface area contributed by atoms with Gasteiger partial charge in [-0.25, -0.2) is 0 Å². The molecular formula is C17H15NO. The highest BCUT2D eigenvalue weighted by Crippen LogP contribution is 2.10. The molecule has 0 fully saturated rings. The predicted molar refractivity (Wildman–Crippen MR) is 76.9 cm³/mol. The second-order valence-electron chi connectivity index (χ2n) is 4.11. The molecule has 94 valence electrons. The molecule has 0 amide bonds. The number of rotatable bonds is 3. The maximum Gasteiger partial charge on any atom is 0.193 e. The van der Waals surface area contributed by atoms with Gasteiger partial charge in [-0.15, -0.1) is 0 Å². The van der Waals surface area contributed by atoms with E-state index in [4.69, 9.17) is 5.73 Å². The van der Waals surface area contributed by atoms with Gasteiger partial charge >= 0.3 is 0 Å². The Morgan fingerprint density at radius 1 is 0.947 bits per heavy atom. The van der Waals surface area contributed by atoms with Crippen molar-refractivity contribution in [3.05, 3.63) is 71.3 Å². The van der Waals surface area contributed by atoms with Crippen LogP contribution >= 0.6 is 0 Å². The van der Waals surface area contributed by atoms with Gasteiger partial charge in [0.2, 0.25) is 0 Å². The van der Waals surface area contributed by atoms with Gasteiger partial charge in [0.15, 0.2) is 5.78 Å². The number of benzene rings is 2. The van der Waals surface area contributed by atoms with Crippen LogP contribution in [0.5, 0.6) is 0 Å². The zero-order valence-electron chi connectivity index (χ0n) is 10.6. The topological polar surface area (TPSA) is 43.1 Å². The summed E-state index contributed by atoms with van der Waals surface area (Å²) in [6, 6.07) is 16.6. The minimum Gasteiger partial charge on any atom is -0.330 e. The largest absolute Gasteiger partial charge is 0.330 e. The fourth-order valence-corrected chi connectivity index (χ4v) is 1.70. The Morgan fingerprint density at radius 2 is 1.58 bits per heavy atom.